The van der Waals surface area contributed by atoms with E-state index in [2.05, 4.69) is 23.9 Å². The van der Waals surface area contributed by atoms with Crippen LogP contribution in [-0.4, -0.2) is 45.9 Å². The summed E-state index contributed by atoms with van der Waals surface area (Å²) in [5.74, 6) is 0. The maximum Gasteiger partial charge on any atom is 0.279 e. The summed E-state index contributed by atoms with van der Waals surface area (Å²) in [5.41, 5.74) is 0. The summed E-state index contributed by atoms with van der Waals surface area (Å²) in [5, 5.41) is 3.27. The van der Waals surface area contributed by atoms with Crippen molar-refractivity contribution >= 4 is 10.2 Å². The summed E-state index contributed by atoms with van der Waals surface area (Å²) >= 11 is 0. The Hall–Kier alpha value is -0.170. The quantitative estimate of drug-likeness (QED) is 0.508. The minimum absolute atomic E-state index is 0.542. The summed E-state index contributed by atoms with van der Waals surface area (Å²) in [4.78, 5) is 0. The Bertz CT molecular complexity index is 294. The number of hydrogen-bond donors (Lipinski definition) is 2. The van der Waals surface area contributed by atoms with Crippen LogP contribution in [0.15, 0.2) is 0 Å². The van der Waals surface area contributed by atoms with E-state index >= 15 is 0 Å². The fourth-order valence-corrected chi connectivity index (χ4v) is 2.70. The van der Waals surface area contributed by atoms with Gasteiger partial charge in [0, 0.05) is 20.1 Å². The highest BCUT2D eigenvalue weighted by molar-refractivity contribution is 7.87. The van der Waals surface area contributed by atoms with Crippen LogP contribution in [0.4, 0.5) is 0 Å². The lowest BCUT2D eigenvalue weighted by atomic mass is 10.2. The van der Waals surface area contributed by atoms with Gasteiger partial charge in [0.05, 0.1) is 0 Å². The third-order valence-electron chi connectivity index (χ3n) is 2.98. The molecule has 0 fully saturated rings. The van der Waals surface area contributed by atoms with Crippen LogP contribution in [0.5, 0.6) is 0 Å². The van der Waals surface area contributed by atoms with Crippen molar-refractivity contribution in [2.45, 2.75) is 52.4 Å². The molecule has 0 heterocycles. The molecular weight excluding hydrogens is 262 g/mol. The van der Waals surface area contributed by atoms with Crippen LogP contribution < -0.4 is 10.0 Å². The number of nitrogens with one attached hydrogen (secondary N) is 2. The van der Waals surface area contributed by atoms with Gasteiger partial charge in [-0.2, -0.15) is 12.7 Å². The van der Waals surface area contributed by atoms with Crippen molar-refractivity contribution < 1.29 is 8.42 Å². The van der Waals surface area contributed by atoms with E-state index in [1.54, 1.807) is 7.05 Å². The van der Waals surface area contributed by atoms with Gasteiger partial charge in [0.15, 0.2) is 0 Å². The van der Waals surface area contributed by atoms with E-state index in [-0.39, 0.29) is 0 Å². The molecular formula is C13H31N3O2S. The highest BCUT2D eigenvalue weighted by Crippen LogP contribution is 2.00. The number of rotatable bonds is 13. The molecule has 0 aliphatic carbocycles. The molecule has 0 aliphatic heterocycles. The zero-order valence-corrected chi connectivity index (χ0v) is 13.6. The average molecular weight is 293 g/mol. The van der Waals surface area contributed by atoms with Gasteiger partial charge in [-0.3, -0.25) is 0 Å². The van der Waals surface area contributed by atoms with E-state index in [4.69, 9.17) is 0 Å². The Morgan fingerprint density at radius 3 is 2.26 bits per heavy atom. The molecule has 0 aromatic heterocycles. The summed E-state index contributed by atoms with van der Waals surface area (Å²) in [6.07, 6.45) is 6.28. The molecule has 5 nitrogen and oxygen atoms in total. The van der Waals surface area contributed by atoms with Crippen molar-refractivity contribution in [2.75, 3.05) is 33.2 Å². The van der Waals surface area contributed by atoms with E-state index < -0.39 is 10.2 Å². The van der Waals surface area contributed by atoms with E-state index in [0.717, 1.165) is 45.2 Å². The largest absolute Gasteiger partial charge is 0.317 e. The lowest BCUT2D eigenvalue weighted by Gasteiger charge is -2.17. The van der Waals surface area contributed by atoms with Gasteiger partial charge < -0.3 is 5.32 Å². The average Bonchev–Trinajstić information content (AvgIpc) is 2.38. The van der Waals surface area contributed by atoms with Crippen LogP contribution in [-0.2, 0) is 10.2 Å². The smallest absolute Gasteiger partial charge is 0.279 e. The Kier molecular flexibility index (Phi) is 11.5. The standard InChI is InChI=1S/C13H31N3O2S/c1-4-6-7-8-12-15-19(17,18)16(3)13-9-11-14-10-5-2/h14-15H,4-13H2,1-3H3. The summed E-state index contributed by atoms with van der Waals surface area (Å²) in [6, 6.07) is 0. The van der Waals surface area contributed by atoms with Crippen molar-refractivity contribution in [1.29, 1.82) is 0 Å². The second-order valence-electron chi connectivity index (χ2n) is 4.89. The molecule has 0 radical (unpaired) electrons. The summed E-state index contributed by atoms with van der Waals surface area (Å²) < 4.78 is 27.8. The number of hydrogen-bond acceptors (Lipinski definition) is 3. The molecule has 0 amide bonds. The van der Waals surface area contributed by atoms with Crippen molar-refractivity contribution in [3.63, 3.8) is 0 Å². The Morgan fingerprint density at radius 1 is 0.895 bits per heavy atom. The molecule has 0 spiro atoms. The molecule has 6 heteroatoms. The topological polar surface area (TPSA) is 61.4 Å². The van der Waals surface area contributed by atoms with E-state index in [0.29, 0.717) is 13.1 Å². The lowest BCUT2D eigenvalue weighted by molar-refractivity contribution is 0.443. The minimum Gasteiger partial charge on any atom is -0.317 e. The number of unbranched alkanes of at least 4 members (excludes halogenated alkanes) is 3. The first-order valence-electron chi connectivity index (χ1n) is 7.46. The fraction of sp³-hybridized carbons (Fsp3) is 1.00. The highest BCUT2D eigenvalue weighted by atomic mass is 32.2. The molecule has 0 saturated heterocycles. The predicted octanol–water partition coefficient (Wildman–Crippen LogP) is 1.72. The van der Waals surface area contributed by atoms with E-state index in [1.807, 2.05) is 0 Å². The van der Waals surface area contributed by atoms with Crippen molar-refractivity contribution in [1.82, 2.24) is 14.3 Å². The van der Waals surface area contributed by atoms with Crippen molar-refractivity contribution in [3.8, 4) is 0 Å². The molecule has 0 atom stereocenters. The van der Waals surface area contributed by atoms with Crippen LogP contribution in [0.25, 0.3) is 0 Å². The van der Waals surface area contributed by atoms with Gasteiger partial charge in [0.25, 0.3) is 10.2 Å². The van der Waals surface area contributed by atoms with Gasteiger partial charge in [-0.15, -0.1) is 0 Å². The molecule has 0 aliphatic rings. The van der Waals surface area contributed by atoms with Crippen LogP contribution in [0, 0.1) is 0 Å². The Balaban J connectivity index is 3.72. The van der Waals surface area contributed by atoms with Gasteiger partial charge in [0.2, 0.25) is 0 Å². The second-order valence-corrected chi connectivity index (χ2v) is 6.75. The zero-order valence-electron chi connectivity index (χ0n) is 12.7. The van der Waals surface area contributed by atoms with Crippen molar-refractivity contribution in [2.24, 2.45) is 0 Å². The molecule has 116 valence electrons. The molecule has 0 saturated carbocycles. The molecule has 19 heavy (non-hydrogen) atoms. The zero-order chi connectivity index (χ0) is 14.6. The molecule has 0 aromatic rings. The van der Waals surface area contributed by atoms with Gasteiger partial charge in [-0.05, 0) is 32.4 Å². The fourth-order valence-electron chi connectivity index (χ4n) is 1.71. The molecule has 0 rings (SSSR count). The first-order valence-corrected chi connectivity index (χ1v) is 8.90. The first-order chi connectivity index (χ1) is 9.04. The molecule has 0 aromatic carbocycles. The molecule has 0 bridgehead atoms. The summed E-state index contributed by atoms with van der Waals surface area (Å²) in [7, 11) is -1.65. The van der Waals surface area contributed by atoms with Gasteiger partial charge in [-0.25, -0.2) is 4.72 Å². The van der Waals surface area contributed by atoms with E-state index in [9.17, 15) is 8.42 Å². The van der Waals surface area contributed by atoms with E-state index in [1.165, 1.54) is 10.7 Å². The van der Waals surface area contributed by atoms with Gasteiger partial charge in [0.1, 0.15) is 0 Å². The van der Waals surface area contributed by atoms with Crippen LogP contribution >= 0.6 is 0 Å². The minimum atomic E-state index is -3.28. The monoisotopic (exact) mass is 293 g/mol. The normalized spacial score (nSPS) is 12.2. The van der Waals surface area contributed by atoms with Crippen LogP contribution in [0.2, 0.25) is 0 Å². The maximum absolute atomic E-state index is 11.9. The highest BCUT2D eigenvalue weighted by Gasteiger charge is 2.15. The van der Waals surface area contributed by atoms with Crippen LogP contribution in [0.3, 0.4) is 0 Å². The predicted molar refractivity (Wildman–Crippen MR) is 81.5 cm³/mol. The number of nitrogens with zero attached hydrogens (tertiary/aromatic N) is 1. The second kappa shape index (κ2) is 11.6. The Morgan fingerprint density at radius 2 is 1.63 bits per heavy atom. The summed E-state index contributed by atoms with van der Waals surface area (Å²) in [6.45, 7) is 7.22. The van der Waals surface area contributed by atoms with Gasteiger partial charge in [-0.1, -0.05) is 33.1 Å². The third kappa shape index (κ3) is 10.3. The van der Waals surface area contributed by atoms with Gasteiger partial charge >= 0.3 is 0 Å². The first kappa shape index (κ1) is 18.8. The third-order valence-corrected chi connectivity index (χ3v) is 4.55. The SMILES string of the molecule is CCCCCCNS(=O)(=O)N(C)CCCNCCC. The van der Waals surface area contributed by atoms with Crippen molar-refractivity contribution in [3.05, 3.63) is 0 Å². The molecule has 2 N–H and O–H groups in total. The Labute approximate surface area is 119 Å². The maximum atomic E-state index is 11.9. The van der Waals surface area contributed by atoms with Crippen LogP contribution in [0.1, 0.15) is 52.4 Å². The molecule has 0 unspecified atom stereocenters. The lowest BCUT2D eigenvalue weighted by Crippen LogP contribution is -2.39.